The maximum absolute atomic E-state index is 12.0. The molecule has 1 heterocycles. The summed E-state index contributed by atoms with van der Waals surface area (Å²) in [6.45, 7) is 0. The highest BCUT2D eigenvalue weighted by atomic mass is 79.9. The van der Waals surface area contributed by atoms with E-state index in [1.807, 2.05) is 36.4 Å². The van der Waals surface area contributed by atoms with Crippen molar-refractivity contribution in [3.05, 3.63) is 58.8 Å². The minimum atomic E-state index is -0.204. The summed E-state index contributed by atoms with van der Waals surface area (Å²) >= 11 is 3.51. The average molecular weight is 316 g/mol. The maximum Gasteiger partial charge on any atom is 0.273 e. The van der Waals surface area contributed by atoms with Gasteiger partial charge in [-0.3, -0.25) is 9.89 Å². The molecule has 3 aromatic rings. The molecule has 0 aliphatic rings. The van der Waals surface area contributed by atoms with Crippen molar-refractivity contribution in [3.8, 4) is 0 Å². The minimum absolute atomic E-state index is 0.204. The summed E-state index contributed by atoms with van der Waals surface area (Å²) in [6.07, 6.45) is 1.55. The van der Waals surface area contributed by atoms with Gasteiger partial charge < -0.3 is 5.32 Å². The Bertz CT molecular complexity index is 738. The van der Waals surface area contributed by atoms with Gasteiger partial charge in [0.15, 0.2) is 0 Å². The second-order valence-electron chi connectivity index (χ2n) is 4.06. The molecule has 0 radical (unpaired) electrons. The molecule has 0 saturated carbocycles. The van der Waals surface area contributed by atoms with E-state index in [9.17, 15) is 4.79 Å². The first-order valence-electron chi connectivity index (χ1n) is 5.73. The van der Waals surface area contributed by atoms with Crippen LogP contribution in [0.1, 0.15) is 10.5 Å². The third-order valence-electron chi connectivity index (χ3n) is 2.86. The SMILES string of the molecule is O=C(Nc1ccc(Br)c2ccccc12)c1ccn[nH]1. The number of benzene rings is 2. The first-order chi connectivity index (χ1) is 9.25. The number of hydrogen-bond acceptors (Lipinski definition) is 2. The Labute approximate surface area is 118 Å². The van der Waals surface area contributed by atoms with E-state index in [0.29, 0.717) is 5.69 Å². The summed E-state index contributed by atoms with van der Waals surface area (Å²) in [4.78, 5) is 12.0. The van der Waals surface area contributed by atoms with Gasteiger partial charge in [-0.25, -0.2) is 0 Å². The van der Waals surface area contributed by atoms with Crippen molar-refractivity contribution in [1.29, 1.82) is 0 Å². The standard InChI is InChI=1S/C14H10BrN3O/c15-11-5-6-12(10-4-2-1-3-9(10)11)17-14(19)13-7-8-16-18-13/h1-8H,(H,16,18)(H,17,19). The Morgan fingerprint density at radius 2 is 1.89 bits per heavy atom. The van der Waals surface area contributed by atoms with Crippen molar-refractivity contribution in [1.82, 2.24) is 10.2 Å². The monoisotopic (exact) mass is 315 g/mol. The number of carbonyl (C=O) groups excluding carboxylic acids is 1. The van der Waals surface area contributed by atoms with Crippen LogP contribution in [0.15, 0.2) is 53.1 Å². The molecular formula is C14H10BrN3O. The van der Waals surface area contributed by atoms with E-state index in [-0.39, 0.29) is 5.91 Å². The summed E-state index contributed by atoms with van der Waals surface area (Å²) in [5.41, 5.74) is 1.21. The van der Waals surface area contributed by atoms with Crippen LogP contribution >= 0.6 is 15.9 Å². The van der Waals surface area contributed by atoms with E-state index in [1.165, 1.54) is 0 Å². The average Bonchev–Trinajstić information content (AvgIpc) is 2.96. The second kappa shape index (κ2) is 4.85. The number of H-pyrrole nitrogens is 1. The number of amides is 1. The van der Waals surface area contributed by atoms with E-state index in [4.69, 9.17) is 0 Å². The summed E-state index contributed by atoms with van der Waals surface area (Å²) in [7, 11) is 0. The van der Waals surface area contributed by atoms with E-state index in [0.717, 1.165) is 20.9 Å². The summed E-state index contributed by atoms with van der Waals surface area (Å²) in [5.74, 6) is -0.204. The lowest BCUT2D eigenvalue weighted by atomic mass is 10.1. The molecule has 0 aliphatic carbocycles. The Morgan fingerprint density at radius 3 is 2.63 bits per heavy atom. The predicted molar refractivity (Wildman–Crippen MR) is 78.2 cm³/mol. The number of anilines is 1. The highest BCUT2D eigenvalue weighted by molar-refractivity contribution is 9.10. The van der Waals surface area contributed by atoms with Crippen LogP contribution in [0.25, 0.3) is 10.8 Å². The Morgan fingerprint density at radius 1 is 1.11 bits per heavy atom. The third-order valence-corrected chi connectivity index (χ3v) is 3.56. The lowest BCUT2D eigenvalue weighted by Gasteiger charge is -2.09. The zero-order valence-electron chi connectivity index (χ0n) is 9.85. The van der Waals surface area contributed by atoms with Gasteiger partial charge in [0.1, 0.15) is 5.69 Å². The Balaban J connectivity index is 2.02. The van der Waals surface area contributed by atoms with Gasteiger partial charge in [0.25, 0.3) is 5.91 Å². The number of aromatic nitrogens is 2. The van der Waals surface area contributed by atoms with Gasteiger partial charge in [-0.05, 0) is 23.6 Å². The first-order valence-corrected chi connectivity index (χ1v) is 6.53. The molecule has 1 amide bonds. The zero-order valence-corrected chi connectivity index (χ0v) is 11.4. The van der Waals surface area contributed by atoms with Crippen molar-refractivity contribution in [2.75, 3.05) is 5.32 Å². The number of fused-ring (bicyclic) bond motifs is 1. The van der Waals surface area contributed by atoms with Crippen LogP contribution in [-0.4, -0.2) is 16.1 Å². The summed E-state index contributed by atoms with van der Waals surface area (Å²) < 4.78 is 1.00. The fourth-order valence-electron chi connectivity index (χ4n) is 1.94. The smallest absolute Gasteiger partial charge is 0.273 e. The molecule has 0 saturated heterocycles. The van der Waals surface area contributed by atoms with Crippen LogP contribution in [0.3, 0.4) is 0 Å². The topological polar surface area (TPSA) is 57.8 Å². The van der Waals surface area contributed by atoms with Crippen LogP contribution in [0.4, 0.5) is 5.69 Å². The van der Waals surface area contributed by atoms with Crippen molar-refractivity contribution < 1.29 is 4.79 Å². The van der Waals surface area contributed by atoms with Gasteiger partial charge in [-0.1, -0.05) is 40.2 Å². The number of nitrogens with one attached hydrogen (secondary N) is 2. The molecule has 0 bridgehead atoms. The van der Waals surface area contributed by atoms with Crippen LogP contribution < -0.4 is 5.32 Å². The third kappa shape index (κ3) is 2.24. The molecule has 2 aromatic carbocycles. The molecule has 94 valence electrons. The highest BCUT2D eigenvalue weighted by Gasteiger charge is 2.10. The normalized spacial score (nSPS) is 10.6. The number of carbonyl (C=O) groups is 1. The molecule has 0 aliphatic heterocycles. The van der Waals surface area contributed by atoms with Crippen LogP contribution in [0.5, 0.6) is 0 Å². The predicted octanol–water partition coefficient (Wildman–Crippen LogP) is 3.58. The number of aromatic amines is 1. The summed E-state index contributed by atoms with van der Waals surface area (Å²) in [6, 6.07) is 13.3. The largest absolute Gasteiger partial charge is 0.320 e. The number of halogens is 1. The molecule has 0 unspecified atom stereocenters. The van der Waals surface area contributed by atoms with Crippen molar-refractivity contribution in [2.24, 2.45) is 0 Å². The molecule has 0 fully saturated rings. The molecule has 19 heavy (non-hydrogen) atoms. The van der Waals surface area contributed by atoms with Gasteiger partial charge in [0.2, 0.25) is 0 Å². The summed E-state index contributed by atoms with van der Waals surface area (Å²) in [5, 5.41) is 11.3. The lowest BCUT2D eigenvalue weighted by Crippen LogP contribution is -2.12. The van der Waals surface area contributed by atoms with E-state index >= 15 is 0 Å². The Hall–Kier alpha value is -2.14. The fraction of sp³-hybridized carbons (Fsp3) is 0. The number of nitrogens with zero attached hydrogens (tertiary/aromatic N) is 1. The van der Waals surface area contributed by atoms with Gasteiger partial charge in [0.05, 0.1) is 0 Å². The maximum atomic E-state index is 12.0. The molecule has 3 rings (SSSR count). The second-order valence-corrected chi connectivity index (χ2v) is 4.92. The molecule has 5 heteroatoms. The van der Waals surface area contributed by atoms with Crippen LogP contribution in [0.2, 0.25) is 0 Å². The quantitative estimate of drug-likeness (QED) is 0.759. The fourth-order valence-corrected chi connectivity index (χ4v) is 2.42. The molecule has 1 aromatic heterocycles. The van der Waals surface area contributed by atoms with Gasteiger partial charge in [0, 0.05) is 21.7 Å². The molecule has 0 atom stereocenters. The van der Waals surface area contributed by atoms with Gasteiger partial charge in [-0.15, -0.1) is 0 Å². The van der Waals surface area contributed by atoms with Crippen LogP contribution in [-0.2, 0) is 0 Å². The highest BCUT2D eigenvalue weighted by Crippen LogP contribution is 2.30. The number of hydrogen-bond donors (Lipinski definition) is 2. The van der Waals surface area contributed by atoms with E-state index in [1.54, 1.807) is 12.3 Å². The molecule has 4 nitrogen and oxygen atoms in total. The van der Waals surface area contributed by atoms with Crippen molar-refractivity contribution in [3.63, 3.8) is 0 Å². The van der Waals surface area contributed by atoms with E-state index in [2.05, 4.69) is 31.4 Å². The Kier molecular flexibility index (Phi) is 3.05. The van der Waals surface area contributed by atoms with Gasteiger partial charge >= 0.3 is 0 Å². The van der Waals surface area contributed by atoms with Crippen molar-refractivity contribution in [2.45, 2.75) is 0 Å². The first kappa shape index (κ1) is 11.9. The van der Waals surface area contributed by atoms with Crippen LogP contribution in [0, 0.1) is 0 Å². The van der Waals surface area contributed by atoms with Crippen molar-refractivity contribution >= 4 is 38.3 Å². The zero-order chi connectivity index (χ0) is 13.2. The molecule has 0 spiro atoms. The minimum Gasteiger partial charge on any atom is -0.320 e. The molecular weight excluding hydrogens is 306 g/mol. The van der Waals surface area contributed by atoms with Gasteiger partial charge in [-0.2, -0.15) is 5.10 Å². The van der Waals surface area contributed by atoms with E-state index < -0.39 is 0 Å². The lowest BCUT2D eigenvalue weighted by molar-refractivity contribution is 0.102. The molecule has 2 N–H and O–H groups in total. The number of rotatable bonds is 2.